The van der Waals surface area contributed by atoms with E-state index in [0.717, 1.165) is 20.3 Å². The van der Waals surface area contributed by atoms with Crippen LogP contribution in [0.1, 0.15) is 20.4 Å². The number of rotatable bonds is 5. The second-order valence-electron chi connectivity index (χ2n) is 4.16. The normalized spacial score (nSPS) is 12.0. The molecule has 0 aliphatic carbocycles. The Morgan fingerprint density at radius 2 is 2.24 bits per heavy atom. The van der Waals surface area contributed by atoms with E-state index in [4.69, 9.17) is 9.52 Å². The number of halogens is 1. The summed E-state index contributed by atoms with van der Waals surface area (Å²) in [5.41, 5.74) is 0. The standard InChI is InChI=1S/C11H11BrN2O5S2/c1-6-13-4-7(20-6)5-14(2)21(17,18)9-3-8(11(15)16)19-10(9)12/h3-4H,5H2,1-2H3,(H,15,16). The highest BCUT2D eigenvalue weighted by molar-refractivity contribution is 9.10. The van der Waals surface area contributed by atoms with Crippen LogP contribution >= 0.6 is 27.3 Å². The summed E-state index contributed by atoms with van der Waals surface area (Å²) in [6.07, 6.45) is 1.61. The number of carbonyl (C=O) groups is 1. The van der Waals surface area contributed by atoms with Crippen LogP contribution in [0.2, 0.25) is 0 Å². The van der Waals surface area contributed by atoms with Gasteiger partial charge in [0.2, 0.25) is 15.8 Å². The van der Waals surface area contributed by atoms with E-state index < -0.39 is 21.8 Å². The molecule has 10 heteroatoms. The monoisotopic (exact) mass is 394 g/mol. The van der Waals surface area contributed by atoms with E-state index in [1.54, 1.807) is 6.20 Å². The third kappa shape index (κ3) is 3.34. The van der Waals surface area contributed by atoms with Crippen LogP contribution in [0.15, 0.2) is 26.2 Å². The van der Waals surface area contributed by atoms with Crippen molar-refractivity contribution in [2.24, 2.45) is 0 Å². The molecule has 0 spiro atoms. The zero-order chi connectivity index (χ0) is 15.8. The highest BCUT2D eigenvalue weighted by atomic mass is 79.9. The zero-order valence-corrected chi connectivity index (χ0v) is 14.2. The number of furan rings is 1. The Morgan fingerprint density at radius 1 is 1.57 bits per heavy atom. The number of aromatic carboxylic acids is 1. The Balaban J connectivity index is 2.30. The lowest BCUT2D eigenvalue weighted by molar-refractivity contribution is 0.0661. The van der Waals surface area contributed by atoms with Crippen LogP contribution in [0.4, 0.5) is 0 Å². The average molecular weight is 395 g/mol. The van der Waals surface area contributed by atoms with E-state index in [9.17, 15) is 13.2 Å². The number of thiazole rings is 1. The summed E-state index contributed by atoms with van der Waals surface area (Å²) in [4.78, 5) is 15.5. The number of aromatic nitrogens is 1. The minimum atomic E-state index is -3.86. The van der Waals surface area contributed by atoms with Crippen LogP contribution in [0.25, 0.3) is 0 Å². The third-order valence-corrected chi connectivity index (χ3v) is 6.16. The van der Waals surface area contributed by atoms with E-state index in [0.29, 0.717) is 0 Å². The van der Waals surface area contributed by atoms with Crippen molar-refractivity contribution < 1.29 is 22.7 Å². The first-order chi connectivity index (χ1) is 9.71. The van der Waals surface area contributed by atoms with Crippen LogP contribution in [0.5, 0.6) is 0 Å². The van der Waals surface area contributed by atoms with Crippen LogP contribution < -0.4 is 0 Å². The van der Waals surface area contributed by atoms with Gasteiger partial charge in [-0.25, -0.2) is 18.2 Å². The van der Waals surface area contributed by atoms with Gasteiger partial charge < -0.3 is 9.52 Å². The molecule has 1 N–H and O–H groups in total. The van der Waals surface area contributed by atoms with Crippen molar-refractivity contribution in [3.05, 3.63) is 32.6 Å². The molecule has 0 aromatic carbocycles. The van der Waals surface area contributed by atoms with Crippen molar-refractivity contribution in [2.75, 3.05) is 7.05 Å². The van der Waals surface area contributed by atoms with E-state index in [2.05, 4.69) is 20.9 Å². The first kappa shape index (κ1) is 16.1. The summed E-state index contributed by atoms with van der Waals surface area (Å²) in [7, 11) is -2.46. The van der Waals surface area contributed by atoms with Gasteiger partial charge in [0.25, 0.3) is 0 Å². The van der Waals surface area contributed by atoms with E-state index >= 15 is 0 Å². The van der Waals surface area contributed by atoms with Crippen molar-refractivity contribution in [1.82, 2.24) is 9.29 Å². The summed E-state index contributed by atoms with van der Waals surface area (Å²) in [6.45, 7) is 1.97. The molecule has 114 valence electrons. The summed E-state index contributed by atoms with van der Waals surface area (Å²) in [6, 6.07) is 0.982. The largest absolute Gasteiger partial charge is 0.475 e. The summed E-state index contributed by atoms with van der Waals surface area (Å²) >= 11 is 4.33. The van der Waals surface area contributed by atoms with Gasteiger partial charge in [-0.3, -0.25) is 0 Å². The quantitative estimate of drug-likeness (QED) is 0.834. The van der Waals surface area contributed by atoms with Crippen molar-refractivity contribution in [2.45, 2.75) is 18.4 Å². The fourth-order valence-corrected chi connectivity index (χ4v) is 4.56. The highest BCUT2D eigenvalue weighted by Gasteiger charge is 2.29. The molecule has 7 nitrogen and oxygen atoms in total. The Morgan fingerprint density at radius 3 is 2.71 bits per heavy atom. The van der Waals surface area contributed by atoms with Gasteiger partial charge >= 0.3 is 5.97 Å². The van der Waals surface area contributed by atoms with Crippen molar-refractivity contribution >= 4 is 43.3 Å². The first-order valence-electron chi connectivity index (χ1n) is 5.62. The Bertz CT molecular complexity index is 780. The van der Waals surface area contributed by atoms with Crippen LogP contribution in [0, 0.1) is 6.92 Å². The molecule has 2 aromatic heterocycles. The number of hydrogen-bond donors (Lipinski definition) is 1. The van der Waals surface area contributed by atoms with Crippen LogP contribution in [-0.2, 0) is 16.6 Å². The van der Waals surface area contributed by atoms with Gasteiger partial charge in [0.05, 0.1) is 5.01 Å². The number of carboxylic acids is 1. The molecular weight excluding hydrogens is 384 g/mol. The van der Waals surface area contributed by atoms with Gasteiger partial charge in [0.1, 0.15) is 4.90 Å². The van der Waals surface area contributed by atoms with Crippen LogP contribution in [-0.4, -0.2) is 35.8 Å². The molecule has 0 saturated heterocycles. The number of carboxylic acid groups (broad SMARTS) is 1. The lowest BCUT2D eigenvalue weighted by Gasteiger charge is -2.14. The second-order valence-corrected chi connectivity index (χ2v) is 8.21. The Hall–Kier alpha value is -1.23. The number of hydrogen-bond acceptors (Lipinski definition) is 6. The lowest BCUT2D eigenvalue weighted by atomic mass is 10.5. The molecule has 2 heterocycles. The summed E-state index contributed by atoms with van der Waals surface area (Å²) < 4.78 is 30.7. The predicted octanol–water partition coefficient (Wildman–Crippen LogP) is 2.33. The van der Waals surface area contributed by atoms with Gasteiger partial charge in [0.15, 0.2) is 4.67 Å². The Kier molecular flexibility index (Phi) is 4.51. The molecule has 21 heavy (non-hydrogen) atoms. The zero-order valence-electron chi connectivity index (χ0n) is 11.0. The van der Waals surface area contributed by atoms with Crippen molar-refractivity contribution in [3.63, 3.8) is 0 Å². The Labute approximate surface area is 133 Å². The van der Waals surface area contributed by atoms with Gasteiger partial charge in [-0.05, 0) is 22.9 Å². The maximum absolute atomic E-state index is 12.4. The minimum Gasteiger partial charge on any atom is -0.475 e. The van der Waals surface area contributed by atoms with Gasteiger partial charge in [-0.15, -0.1) is 11.3 Å². The molecule has 2 aromatic rings. The van der Waals surface area contributed by atoms with Gasteiger partial charge in [-0.1, -0.05) is 0 Å². The van der Waals surface area contributed by atoms with Gasteiger partial charge in [-0.2, -0.15) is 4.31 Å². The number of sulfonamides is 1. The van der Waals surface area contributed by atoms with Crippen LogP contribution in [0.3, 0.4) is 0 Å². The molecule has 0 aliphatic heterocycles. The van der Waals surface area contributed by atoms with E-state index in [1.165, 1.54) is 18.4 Å². The molecule has 0 radical (unpaired) electrons. The second kappa shape index (κ2) is 5.87. The van der Waals surface area contributed by atoms with Crippen molar-refractivity contribution in [3.8, 4) is 0 Å². The number of aryl methyl sites for hydroxylation is 1. The summed E-state index contributed by atoms with van der Waals surface area (Å²) in [5, 5.41) is 9.68. The fourth-order valence-electron chi connectivity index (χ4n) is 1.58. The predicted molar refractivity (Wildman–Crippen MR) is 78.9 cm³/mol. The molecule has 0 amide bonds. The smallest absolute Gasteiger partial charge is 0.371 e. The maximum atomic E-state index is 12.4. The molecular formula is C11H11BrN2O5S2. The lowest BCUT2D eigenvalue weighted by Crippen LogP contribution is -2.26. The molecule has 2 rings (SSSR count). The van der Waals surface area contributed by atoms with E-state index in [1.807, 2.05) is 6.92 Å². The topological polar surface area (TPSA) is 101 Å². The highest BCUT2D eigenvalue weighted by Crippen LogP contribution is 2.29. The molecule has 0 fully saturated rings. The van der Waals surface area contributed by atoms with Gasteiger partial charge in [0, 0.05) is 30.7 Å². The molecule has 0 unspecified atom stereocenters. The average Bonchev–Trinajstić information content (AvgIpc) is 2.96. The molecule has 0 aliphatic rings. The minimum absolute atomic E-state index is 0.132. The number of nitrogens with zero attached hydrogens (tertiary/aromatic N) is 2. The summed E-state index contributed by atoms with van der Waals surface area (Å²) in [5.74, 6) is -1.78. The fraction of sp³-hybridized carbons (Fsp3) is 0.273. The molecule has 0 bridgehead atoms. The third-order valence-electron chi connectivity index (χ3n) is 2.60. The molecule has 0 saturated carbocycles. The van der Waals surface area contributed by atoms with Crippen molar-refractivity contribution in [1.29, 1.82) is 0 Å². The molecule has 0 atom stereocenters. The first-order valence-corrected chi connectivity index (χ1v) is 8.67. The maximum Gasteiger partial charge on any atom is 0.371 e. The SMILES string of the molecule is Cc1ncc(CN(C)S(=O)(=O)c2cc(C(=O)O)oc2Br)s1. The van der Waals surface area contributed by atoms with E-state index in [-0.39, 0.29) is 16.1 Å².